The Kier molecular flexibility index (Phi) is 8.68. The van der Waals surface area contributed by atoms with E-state index in [1.54, 1.807) is 0 Å². The van der Waals surface area contributed by atoms with Gasteiger partial charge >= 0.3 is 12.0 Å². The van der Waals surface area contributed by atoms with Gasteiger partial charge in [-0.05, 0) is 20.3 Å². The molecule has 0 saturated heterocycles. The molecule has 0 spiro atoms. The minimum absolute atomic E-state index is 0.00335. The van der Waals surface area contributed by atoms with Crippen molar-refractivity contribution in [2.45, 2.75) is 33.6 Å². The standard InChI is InChI=1S/C14H22N2O5/c1-10(2)13(19)21-9-7-15-14(20)16(12(4)18)8-5-6-11(3)17/h1,5-9H2,2-4H3,(H,15,20). The molecule has 0 aliphatic rings. The summed E-state index contributed by atoms with van der Waals surface area (Å²) in [5.41, 5.74) is 0.274. The fourth-order valence-corrected chi connectivity index (χ4v) is 1.41. The number of hydrogen-bond donors (Lipinski definition) is 1. The molecule has 0 aliphatic carbocycles. The number of ketones is 1. The van der Waals surface area contributed by atoms with Crippen LogP contribution in [0.25, 0.3) is 0 Å². The van der Waals surface area contributed by atoms with Gasteiger partial charge in [-0.25, -0.2) is 9.59 Å². The Morgan fingerprint density at radius 3 is 2.24 bits per heavy atom. The molecular formula is C14H22N2O5. The number of nitrogens with zero attached hydrogens (tertiary/aromatic N) is 1. The Bertz CT molecular complexity index is 431. The number of carbonyl (C=O) groups excluding carboxylic acids is 4. The van der Waals surface area contributed by atoms with E-state index in [0.29, 0.717) is 12.8 Å². The van der Waals surface area contributed by atoms with E-state index < -0.39 is 17.9 Å². The molecule has 7 heteroatoms. The molecule has 0 rings (SSSR count). The van der Waals surface area contributed by atoms with Gasteiger partial charge in [-0.2, -0.15) is 0 Å². The van der Waals surface area contributed by atoms with E-state index in [0.717, 1.165) is 4.90 Å². The Hall–Kier alpha value is -2.18. The third-order valence-corrected chi connectivity index (χ3v) is 2.50. The summed E-state index contributed by atoms with van der Waals surface area (Å²) in [4.78, 5) is 46.1. The average Bonchev–Trinajstić information content (AvgIpc) is 2.38. The molecule has 1 N–H and O–H groups in total. The molecule has 0 saturated carbocycles. The maximum absolute atomic E-state index is 11.8. The normalized spacial score (nSPS) is 9.67. The zero-order chi connectivity index (χ0) is 16.4. The molecule has 0 aromatic carbocycles. The molecule has 0 unspecified atom stereocenters. The van der Waals surface area contributed by atoms with Gasteiger partial charge in [0.2, 0.25) is 5.91 Å². The first kappa shape index (κ1) is 18.8. The molecule has 7 nitrogen and oxygen atoms in total. The highest BCUT2D eigenvalue weighted by molar-refractivity contribution is 5.93. The van der Waals surface area contributed by atoms with Crippen LogP contribution in [0.4, 0.5) is 4.79 Å². The van der Waals surface area contributed by atoms with E-state index >= 15 is 0 Å². The second kappa shape index (κ2) is 9.68. The topological polar surface area (TPSA) is 92.8 Å². The maximum atomic E-state index is 11.8. The van der Waals surface area contributed by atoms with Crippen LogP contribution in [0.3, 0.4) is 0 Å². The van der Waals surface area contributed by atoms with Crippen molar-refractivity contribution in [3.05, 3.63) is 12.2 Å². The number of amides is 3. The lowest BCUT2D eigenvalue weighted by Gasteiger charge is -2.19. The van der Waals surface area contributed by atoms with E-state index in [-0.39, 0.29) is 31.1 Å². The molecular weight excluding hydrogens is 276 g/mol. The number of carbonyl (C=O) groups is 4. The number of hydrogen-bond acceptors (Lipinski definition) is 5. The molecule has 21 heavy (non-hydrogen) atoms. The van der Waals surface area contributed by atoms with Crippen molar-refractivity contribution in [2.24, 2.45) is 0 Å². The van der Waals surface area contributed by atoms with Crippen LogP contribution in [0.2, 0.25) is 0 Å². The van der Waals surface area contributed by atoms with Crippen molar-refractivity contribution >= 4 is 23.7 Å². The van der Waals surface area contributed by atoms with Crippen molar-refractivity contribution in [3.63, 3.8) is 0 Å². The van der Waals surface area contributed by atoms with Gasteiger partial charge in [-0.15, -0.1) is 0 Å². The highest BCUT2D eigenvalue weighted by atomic mass is 16.5. The summed E-state index contributed by atoms with van der Waals surface area (Å²) in [6.45, 7) is 7.93. The number of Topliss-reactive ketones (excluding diaryl/α,β-unsaturated/α-hetero) is 1. The zero-order valence-electron chi connectivity index (χ0n) is 12.7. The number of ether oxygens (including phenoxy) is 1. The third kappa shape index (κ3) is 8.56. The van der Waals surface area contributed by atoms with E-state index in [1.807, 2.05) is 0 Å². The van der Waals surface area contributed by atoms with Crippen LogP contribution >= 0.6 is 0 Å². The molecule has 0 radical (unpaired) electrons. The zero-order valence-corrected chi connectivity index (χ0v) is 12.7. The number of imide groups is 1. The molecule has 0 heterocycles. The summed E-state index contributed by atoms with van der Waals surface area (Å²) >= 11 is 0. The van der Waals surface area contributed by atoms with Gasteiger partial charge in [-0.1, -0.05) is 6.58 Å². The van der Waals surface area contributed by atoms with E-state index in [1.165, 1.54) is 20.8 Å². The molecule has 0 aliphatic heterocycles. The van der Waals surface area contributed by atoms with Crippen molar-refractivity contribution in [2.75, 3.05) is 19.7 Å². The van der Waals surface area contributed by atoms with Crippen LogP contribution in [0, 0.1) is 0 Å². The summed E-state index contributed by atoms with van der Waals surface area (Å²) < 4.78 is 4.81. The fraction of sp³-hybridized carbons (Fsp3) is 0.571. The van der Waals surface area contributed by atoms with E-state index in [9.17, 15) is 19.2 Å². The molecule has 0 aromatic rings. The summed E-state index contributed by atoms with van der Waals surface area (Å²) in [5, 5.41) is 2.47. The van der Waals surface area contributed by atoms with Gasteiger partial charge in [0.25, 0.3) is 0 Å². The second-order valence-electron chi connectivity index (χ2n) is 4.62. The van der Waals surface area contributed by atoms with E-state index in [2.05, 4.69) is 11.9 Å². The smallest absolute Gasteiger partial charge is 0.333 e. The summed E-state index contributed by atoms with van der Waals surface area (Å²) in [7, 11) is 0. The highest BCUT2D eigenvalue weighted by Gasteiger charge is 2.17. The van der Waals surface area contributed by atoms with Crippen LogP contribution < -0.4 is 5.32 Å². The predicted octanol–water partition coefficient (Wildman–Crippen LogP) is 1.03. The quantitative estimate of drug-likeness (QED) is 0.410. The van der Waals surface area contributed by atoms with Crippen LogP contribution in [-0.4, -0.2) is 48.3 Å². The number of nitrogens with one attached hydrogen (secondary N) is 1. The van der Waals surface area contributed by atoms with Gasteiger partial charge in [0.05, 0.1) is 6.54 Å². The molecule has 118 valence electrons. The van der Waals surface area contributed by atoms with Gasteiger partial charge in [-0.3, -0.25) is 9.69 Å². The van der Waals surface area contributed by atoms with Crippen LogP contribution in [0.5, 0.6) is 0 Å². The van der Waals surface area contributed by atoms with Crippen LogP contribution in [0.15, 0.2) is 12.2 Å². The Labute approximate surface area is 124 Å². The van der Waals surface area contributed by atoms with Gasteiger partial charge in [0, 0.05) is 25.5 Å². The fourth-order valence-electron chi connectivity index (χ4n) is 1.41. The number of urea groups is 1. The molecule has 0 fully saturated rings. The Balaban J connectivity index is 4.12. The molecule has 0 bridgehead atoms. The van der Waals surface area contributed by atoms with Crippen molar-refractivity contribution in [1.82, 2.24) is 10.2 Å². The minimum atomic E-state index is -0.572. The second-order valence-corrected chi connectivity index (χ2v) is 4.62. The predicted molar refractivity (Wildman–Crippen MR) is 76.5 cm³/mol. The van der Waals surface area contributed by atoms with Crippen molar-refractivity contribution in [1.29, 1.82) is 0 Å². The van der Waals surface area contributed by atoms with Gasteiger partial charge in [0.15, 0.2) is 0 Å². The van der Waals surface area contributed by atoms with Gasteiger partial charge in [0.1, 0.15) is 12.4 Å². The molecule has 0 atom stereocenters. The first-order valence-corrected chi connectivity index (χ1v) is 6.63. The summed E-state index contributed by atoms with van der Waals surface area (Å²) in [6.07, 6.45) is 0.736. The SMILES string of the molecule is C=C(C)C(=O)OCCNC(=O)N(CCCC(C)=O)C(C)=O. The molecule has 3 amide bonds. The lowest BCUT2D eigenvalue weighted by molar-refractivity contribution is -0.138. The van der Waals surface area contributed by atoms with Crippen LogP contribution in [0.1, 0.15) is 33.6 Å². The minimum Gasteiger partial charge on any atom is -0.460 e. The average molecular weight is 298 g/mol. The van der Waals surface area contributed by atoms with Crippen molar-refractivity contribution < 1.29 is 23.9 Å². The first-order chi connectivity index (χ1) is 9.75. The molecule has 0 aromatic heterocycles. The lowest BCUT2D eigenvalue weighted by atomic mass is 10.2. The highest BCUT2D eigenvalue weighted by Crippen LogP contribution is 1.98. The first-order valence-electron chi connectivity index (χ1n) is 6.63. The number of esters is 1. The maximum Gasteiger partial charge on any atom is 0.333 e. The monoisotopic (exact) mass is 298 g/mol. The number of rotatable bonds is 8. The summed E-state index contributed by atoms with van der Waals surface area (Å²) in [5.74, 6) is -0.935. The third-order valence-electron chi connectivity index (χ3n) is 2.50. The van der Waals surface area contributed by atoms with Crippen LogP contribution in [-0.2, 0) is 19.1 Å². The van der Waals surface area contributed by atoms with E-state index in [4.69, 9.17) is 4.74 Å². The summed E-state index contributed by atoms with van der Waals surface area (Å²) in [6, 6.07) is -0.572. The Morgan fingerprint density at radius 2 is 1.76 bits per heavy atom. The van der Waals surface area contributed by atoms with Gasteiger partial charge < -0.3 is 14.8 Å². The lowest BCUT2D eigenvalue weighted by Crippen LogP contribution is -2.44. The van der Waals surface area contributed by atoms with Crippen molar-refractivity contribution in [3.8, 4) is 0 Å². The Morgan fingerprint density at radius 1 is 1.14 bits per heavy atom. The largest absolute Gasteiger partial charge is 0.460 e.